The molecule has 1 saturated heterocycles. The van der Waals surface area contributed by atoms with Crippen LogP contribution in [0.1, 0.15) is 12.8 Å². The van der Waals surface area contributed by atoms with Crippen LogP contribution in [-0.2, 0) is 14.4 Å². The van der Waals surface area contributed by atoms with Gasteiger partial charge in [0.2, 0.25) is 5.91 Å². The second-order valence-electron chi connectivity index (χ2n) is 5.95. The lowest BCUT2D eigenvalue weighted by atomic mass is 10.2. The van der Waals surface area contributed by atoms with Crippen LogP contribution in [0.3, 0.4) is 0 Å². The molecule has 0 bridgehead atoms. The van der Waals surface area contributed by atoms with Gasteiger partial charge in [0, 0.05) is 30.4 Å². The summed E-state index contributed by atoms with van der Waals surface area (Å²) >= 11 is 0. The maximum atomic E-state index is 12.9. The standard InChI is InChI=1S/C19H18FN3O4/c1-27-16-11-14(8-9-15(16)23-10-2-3-17(23)24)22-19(26)18(25)21-13-6-4-12(20)5-7-13/h4-9,11H,2-3,10H2,1H3,(H,21,25)(H,22,26). The van der Waals surface area contributed by atoms with Crippen LogP contribution in [0.2, 0.25) is 0 Å². The minimum absolute atomic E-state index is 0.0174. The van der Waals surface area contributed by atoms with Crippen molar-refractivity contribution in [2.75, 3.05) is 29.2 Å². The summed E-state index contributed by atoms with van der Waals surface area (Å²) in [6, 6.07) is 9.86. The van der Waals surface area contributed by atoms with E-state index in [4.69, 9.17) is 4.74 Å². The molecule has 8 heteroatoms. The molecule has 3 amide bonds. The Labute approximate surface area is 155 Å². The van der Waals surface area contributed by atoms with Gasteiger partial charge >= 0.3 is 11.8 Å². The Balaban J connectivity index is 1.69. The van der Waals surface area contributed by atoms with E-state index in [1.807, 2.05) is 0 Å². The van der Waals surface area contributed by atoms with E-state index in [0.717, 1.165) is 6.42 Å². The molecule has 0 saturated carbocycles. The summed E-state index contributed by atoms with van der Waals surface area (Å²) in [5.74, 6) is -1.78. The summed E-state index contributed by atoms with van der Waals surface area (Å²) in [7, 11) is 1.46. The van der Waals surface area contributed by atoms with Gasteiger partial charge in [0.25, 0.3) is 0 Å². The van der Waals surface area contributed by atoms with Crippen LogP contribution in [0, 0.1) is 5.82 Å². The minimum atomic E-state index is -0.889. The fraction of sp³-hybridized carbons (Fsp3) is 0.211. The number of nitrogens with one attached hydrogen (secondary N) is 2. The van der Waals surface area contributed by atoms with Crippen LogP contribution in [-0.4, -0.2) is 31.4 Å². The third-order valence-electron chi connectivity index (χ3n) is 4.11. The van der Waals surface area contributed by atoms with E-state index < -0.39 is 17.6 Å². The van der Waals surface area contributed by atoms with Crippen molar-refractivity contribution in [1.82, 2.24) is 0 Å². The van der Waals surface area contributed by atoms with E-state index in [1.54, 1.807) is 23.1 Å². The Morgan fingerprint density at radius 3 is 2.26 bits per heavy atom. The number of carbonyl (C=O) groups is 3. The molecule has 0 radical (unpaired) electrons. The second-order valence-corrected chi connectivity index (χ2v) is 5.95. The minimum Gasteiger partial charge on any atom is -0.494 e. The summed E-state index contributed by atoms with van der Waals surface area (Å²) in [6.07, 6.45) is 1.27. The third-order valence-corrected chi connectivity index (χ3v) is 4.11. The van der Waals surface area contributed by atoms with Crippen molar-refractivity contribution in [2.24, 2.45) is 0 Å². The highest BCUT2D eigenvalue weighted by Gasteiger charge is 2.25. The molecule has 1 aliphatic rings. The molecule has 27 heavy (non-hydrogen) atoms. The summed E-state index contributed by atoms with van der Waals surface area (Å²) < 4.78 is 18.2. The van der Waals surface area contributed by atoms with E-state index in [-0.39, 0.29) is 5.91 Å². The van der Waals surface area contributed by atoms with Gasteiger partial charge in [-0.15, -0.1) is 0 Å². The smallest absolute Gasteiger partial charge is 0.314 e. The lowest BCUT2D eigenvalue weighted by Gasteiger charge is -2.19. The zero-order valence-electron chi connectivity index (χ0n) is 14.6. The average Bonchev–Trinajstić information content (AvgIpc) is 3.09. The van der Waals surface area contributed by atoms with Gasteiger partial charge in [-0.1, -0.05) is 0 Å². The fourth-order valence-corrected chi connectivity index (χ4v) is 2.79. The van der Waals surface area contributed by atoms with Crippen molar-refractivity contribution >= 4 is 34.8 Å². The van der Waals surface area contributed by atoms with Crippen LogP contribution < -0.4 is 20.3 Å². The Kier molecular flexibility index (Phi) is 5.35. The number of hydrogen-bond donors (Lipinski definition) is 2. The number of hydrogen-bond acceptors (Lipinski definition) is 4. The second kappa shape index (κ2) is 7.86. The molecule has 0 aromatic heterocycles. The first-order valence-electron chi connectivity index (χ1n) is 8.34. The number of ether oxygens (including phenoxy) is 1. The first-order chi connectivity index (χ1) is 13.0. The van der Waals surface area contributed by atoms with Crippen LogP contribution >= 0.6 is 0 Å². The zero-order chi connectivity index (χ0) is 19.4. The van der Waals surface area contributed by atoms with Gasteiger partial charge in [-0.05, 0) is 42.8 Å². The van der Waals surface area contributed by atoms with Gasteiger partial charge in [0.15, 0.2) is 0 Å². The maximum Gasteiger partial charge on any atom is 0.314 e. The molecule has 1 heterocycles. The molecule has 7 nitrogen and oxygen atoms in total. The number of anilines is 3. The lowest BCUT2D eigenvalue weighted by molar-refractivity contribution is -0.132. The Morgan fingerprint density at radius 1 is 1.04 bits per heavy atom. The Bertz CT molecular complexity index is 883. The highest BCUT2D eigenvalue weighted by Crippen LogP contribution is 2.33. The van der Waals surface area contributed by atoms with E-state index in [1.165, 1.54) is 31.4 Å². The predicted molar refractivity (Wildman–Crippen MR) is 98.2 cm³/mol. The lowest BCUT2D eigenvalue weighted by Crippen LogP contribution is -2.29. The highest BCUT2D eigenvalue weighted by atomic mass is 19.1. The molecule has 2 aromatic rings. The number of rotatable bonds is 4. The van der Waals surface area contributed by atoms with Crippen molar-refractivity contribution in [1.29, 1.82) is 0 Å². The molecule has 2 aromatic carbocycles. The largest absolute Gasteiger partial charge is 0.494 e. The number of halogens is 1. The molecule has 0 atom stereocenters. The molecule has 0 aliphatic carbocycles. The topological polar surface area (TPSA) is 87.7 Å². The summed E-state index contributed by atoms with van der Waals surface area (Å²) in [5, 5.41) is 4.85. The van der Waals surface area contributed by atoms with Crippen molar-refractivity contribution in [3.8, 4) is 5.75 Å². The Morgan fingerprint density at radius 2 is 1.67 bits per heavy atom. The molecule has 1 aliphatic heterocycles. The molecule has 1 fully saturated rings. The molecular formula is C19H18FN3O4. The van der Waals surface area contributed by atoms with E-state index in [9.17, 15) is 18.8 Å². The monoisotopic (exact) mass is 371 g/mol. The fourth-order valence-electron chi connectivity index (χ4n) is 2.79. The van der Waals surface area contributed by atoms with Gasteiger partial charge in [-0.2, -0.15) is 0 Å². The molecule has 2 N–H and O–H groups in total. The Hall–Kier alpha value is -3.42. The van der Waals surface area contributed by atoms with Crippen LogP contribution in [0.15, 0.2) is 42.5 Å². The summed E-state index contributed by atoms with van der Waals surface area (Å²) in [4.78, 5) is 37.6. The van der Waals surface area contributed by atoms with E-state index in [0.29, 0.717) is 35.8 Å². The van der Waals surface area contributed by atoms with E-state index >= 15 is 0 Å². The number of benzene rings is 2. The normalized spacial score (nSPS) is 13.4. The summed E-state index contributed by atoms with van der Waals surface area (Å²) in [6.45, 7) is 0.612. The van der Waals surface area contributed by atoms with Crippen molar-refractivity contribution in [3.05, 3.63) is 48.3 Å². The average molecular weight is 371 g/mol. The van der Waals surface area contributed by atoms with Gasteiger partial charge < -0.3 is 20.3 Å². The molecule has 0 unspecified atom stereocenters. The van der Waals surface area contributed by atoms with Gasteiger partial charge in [-0.3, -0.25) is 14.4 Å². The van der Waals surface area contributed by atoms with Crippen LogP contribution in [0.4, 0.5) is 21.5 Å². The van der Waals surface area contributed by atoms with Crippen LogP contribution in [0.5, 0.6) is 5.75 Å². The third kappa shape index (κ3) is 4.22. The van der Waals surface area contributed by atoms with Crippen LogP contribution in [0.25, 0.3) is 0 Å². The molecule has 140 valence electrons. The van der Waals surface area contributed by atoms with Gasteiger partial charge in [0.05, 0.1) is 12.8 Å². The van der Waals surface area contributed by atoms with E-state index in [2.05, 4.69) is 10.6 Å². The van der Waals surface area contributed by atoms with Crippen molar-refractivity contribution in [3.63, 3.8) is 0 Å². The molecule has 0 spiro atoms. The quantitative estimate of drug-likeness (QED) is 0.809. The SMILES string of the molecule is COc1cc(NC(=O)C(=O)Nc2ccc(F)cc2)ccc1N1CCCC1=O. The van der Waals surface area contributed by atoms with Gasteiger partial charge in [0.1, 0.15) is 11.6 Å². The number of amides is 3. The van der Waals surface area contributed by atoms with Crippen molar-refractivity contribution < 1.29 is 23.5 Å². The van der Waals surface area contributed by atoms with Crippen molar-refractivity contribution in [2.45, 2.75) is 12.8 Å². The maximum absolute atomic E-state index is 12.9. The number of nitrogens with zero attached hydrogens (tertiary/aromatic N) is 1. The summed E-state index contributed by atoms with van der Waals surface area (Å²) in [5.41, 5.74) is 1.27. The molecule has 3 rings (SSSR count). The predicted octanol–water partition coefficient (Wildman–Crippen LogP) is 2.54. The number of carbonyl (C=O) groups excluding carboxylic acids is 3. The first-order valence-corrected chi connectivity index (χ1v) is 8.34. The zero-order valence-corrected chi connectivity index (χ0v) is 14.6. The first kappa shape index (κ1) is 18.4. The highest BCUT2D eigenvalue weighted by molar-refractivity contribution is 6.43. The molecular weight excluding hydrogens is 353 g/mol. The number of methoxy groups -OCH3 is 1. The van der Waals surface area contributed by atoms with Gasteiger partial charge in [-0.25, -0.2) is 4.39 Å².